The molecule has 0 fully saturated rings. The summed E-state index contributed by atoms with van der Waals surface area (Å²) in [4.78, 5) is 0. The fourth-order valence-corrected chi connectivity index (χ4v) is 2.61. The first-order valence-electron chi connectivity index (χ1n) is 6.26. The topological polar surface area (TPSA) is 12.0 Å². The molecule has 2 aromatic carbocycles. The second-order valence-corrected chi connectivity index (χ2v) is 4.71. The van der Waals surface area contributed by atoms with E-state index in [1.165, 1.54) is 16.7 Å². The van der Waals surface area contributed by atoms with Crippen LogP contribution in [0.25, 0.3) is 0 Å². The molecule has 1 heteroatoms. The smallest absolute Gasteiger partial charge is 0.0208 e. The van der Waals surface area contributed by atoms with E-state index in [1.807, 2.05) is 0 Å². The molecular formula is C16H17N. The second kappa shape index (κ2) is 4.72. The van der Waals surface area contributed by atoms with Crippen LogP contribution in [0.5, 0.6) is 0 Å². The Morgan fingerprint density at radius 2 is 1.53 bits per heavy atom. The highest BCUT2D eigenvalue weighted by molar-refractivity contribution is 5.32. The van der Waals surface area contributed by atoms with Crippen LogP contribution in [0.15, 0.2) is 54.6 Å². The van der Waals surface area contributed by atoms with Gasteiger partial charge in [-0.25, -0.2) is 0 Å². The molecule has 0 unspecified atom stereocenters. The van der Waals surface area contributed by atoms with Gasteiger partial charge in [-0.2, -0.15) is 0 Å². The van der Waals surface area contributed by atoms with E-state index in [1.54, 1.807) is 0 Å². The average Bonchev–Trinajstić information content (AvgIpc) is 2.62. The molecule has 0 saturated carbocycles. The predicted molar refractivity (Wildman–Crippen MR) is 71.0 cm³/mol. The molecule has 0 aliphatic carbocycles. The van der Waals surface area contributed by atoms with Crippen molar-refractivity contribution in [1.82, 2.24) is 5.32 Å². The maximum absolute atomic E-state index is 3.55. The summed E-state index contributed by atoms with van der Waals surface area (Å²) in [5, 5.41) is 3.55. The van der Waals surface area contributed by atoms with Gasteiger partial charge in [0.2, 0.25) is 0 Å². The highest BCUT2D eigenvalue weighted by Gasteiger charge is 2.17. The minimum absolute atomic E-state index is 0.597. The highest BCUT2D eigenvalue weighted by Crippen LogP contribution is 2.24. The Morgan fingerprint density at radius 1 is 0.824 bits per heavy atom. The third-order valence-electron chi connectivity index (χ3n) is 3.56. The van der Waals surface area contributed by atoms with Crippen molar-refractivity contribution < 1.29 is 0 Å². The number of hydrogen-bond donors (Lipinski definition) is 1. The van der Waals surface area contributed by atoms with Gasteiger partial charge >= 0.3 is 0 Å². The number of benzene rings is 2. The summed E-state index contributed by atoms with van der Waals surface area (Å²) in [7, 11) is 0. The van der Waals surface area contributed by atoms with Crippen LogP contribution < -0.4 is 5.32 Å². The van der Waals surface area contributed by atoms with E-state index in [0.717, 1.165) is 19.5 Å². The molecule has 1 nitrogen and oxygen atoms in total. The summed E-state index contributed by atoms with van der Waals surface area (Å²) in [6.07, 6.45) is 1.15. The summed E-state index contributed by atoms with van der Waals surface area (Å²) < 4.78 is 0. The number of hydrogen-bond acceptors (Lipinski definition) is 1. The van der Waals surface area contributed by atoms with E-state index >= 15 is 0 Å². The van der Waals surface area contributed by atoms with Crippen LogP contribution in [0.2, 0.25) is 0 Å². The summed E-state index contributed by atoms with van der Waals surface area (Å²) >= 11 is 0. The molecular weight excluding hydrogens is 206 g/mol. The van der Waals surface area contributed by atoms with Gasteiger partial charge in [-0.05, 0) is 23.1 Å². The van der Waals surface area contributed by atoms with E-state index in [0.29, 0.717) is 5.92 Å². The molecule has 1 N–H and O–H groups in total. The van der Waals surface area contributed by atoms with E-state index in [2.05, 4.69) is 59.9 Å². The normalized spacial score (nSPS) is 19.4. The van der Waals surface area contributed by atoms with Crippen LogP contribution in [0.1, 0.15) is 22.6 Å². The Balaban J connectivity index is 1.91. The van der Waals surface area contributed by atoms with Crippen LogP contribution >= 0.6 is 0 Å². The SMILES string of the molecule is c1ccc([C@@H]2CNCc3ccccc3C2)cc1. The minimum Gasteiger partial charge on any atom is -0.312 e. The van der Waals surface area contributed by atoms with Crippen LogP contribution in [0.4, 0.5) is 0 Å². The first-order chi connectivity index (χ1) is 8.43. The lowest BCUT2D eigenvalue weighted by atomic mass is 9.91. The molecule has 1 atom stereocenters. The fraction of sp³-hybridized carbons (Fsp3) is 0.250. The van der Waals surface area contributed by atoms with Gasteiger partial charge in [0.1, 0.15) is 0 Å². The largest absolute Gasteiger partial charge is 0.312 e. The monoisotopic (exact) mass is 223 g/mol. The minimum atomic E-state index is 0.597. The Kier molecular flexibility index (Phi) is 2.93. The molecule has 17 heavy (non-hydrogen) atoms. The van der Waals surface area contributed by atoms with E-state index in [4.69, 9.17) is 0 Å². The molecule has 0 radical (unpaired) electrons. The van der Waals surface area contributed by atoms with Gasteiger partial charge in [-0.1, -0.05) is 54.6 Å². The molecule has 0 spiro atoms. The van der Waals surface area contributed by atoms with Crippen molar-refractivity contribution in [2.75, 3.05) is 6.54 Å². The van der Waals surface area contributed by atoms with Gasteiger partial charge in [0.25, 0.3) is 0 Å². The van der Waals surface area contributed by atoms with Crippen molar-refractivity contribution >= 4 is 0 Å². The maximum atomic E-state index is 3.55. The average molecular weight is 223 g/mol. The Labute approximate surface area is 102 Å². The number of rotatable bonds is 1. The first kappa shape index (κ1) is 10.5. The van der Waals surface area contributed by atoms with Gasteiger partial charge in [0.05, 0.1) is 0 Å². The molecule has 3 rings (SSSR count). The molecule has 0 saturated heterocycles. The Hall–Kier alpha value is -1.60. The summed E-state index contributed by atoms with van der Waals surface area (Å²) in [6, 6.07) is 19.6. The zero-order valence-electron chi connectivity index (χ0n) is 9.89. The highest BCUT2D eigenvalue weighted by atomic mass is 14.9. The summed E-state index contributed by atoms with van der Waals surface area (Å²) in [6.45, 7) is 2.07. The first-order valence-corrected chi connectivity index (χ1v) is 6.26. The van der Waals surface area contributed by atoms with Crippen LogP contribution in [-0.4, -0.2) is 6.54 Å². The van der Waals surface area contributed by atoms with E-state index in [-0.39, 0.29) is 0 Å². The predicted octanol–water partition coefficient (Wildman–Crippen LogP) is 3.12. The molecule has 1 heterocycles. The summed E-state index contributed by atoms with van der Waals surface area (Å²) in [5.74, 6) is 0.597. The van der Waals surface area contributed by atoms with Crippen LogP contribution in [0.3, 0.4) is 0 Å². The van der Waals surface area contributed by atoms with Gasteiger partial charge in [-0.3, -0.25) is 0 Å². The van der Waals surface area contributed by atoms with Crippen molar-refractivity contribution in [3.63, 3.8) is 0 Å². The zero-order valence-corrected chi connectivity index (χ0v) is 9.89. The third-order valence-corrected chi connectivity index (χ3v) is 3.56. The third kappa shape index (κ3) is 2.25. The number of nitrogens with one attached hydrogen (secondary N) is 1. The van der Waals surface area contributed by atoms with E-state index < -0.39 is 0 Å². The van der Waals surface area contributed by atoms with Crippen LogP contribution in [-0.2, 0) is 13.0 Å². The van der Waals surface area contributed by atoms with Gasteiger partial charge in [0, 0.05) is 19.0 Å². The lowest BCUT2D eigenvalue weighted by Crippen LogP contribution is -2.18. The molecule has 2 aromatic rings. The van der Waals surface area contributed by atoms with Crippen LogP contribution in [0, 0.1) is 0 Å². The Morgan fingerprint density at radius 3 is 2.35 bits per heavy atom. The van der Waals surface area contributed by atoms with Gasteiger partial charge in [-0.15, -0.1) is 0 Å². The molecule has 0 bridgehead atoms. The second-order valence-electron chi connectivity index (χ2n) is 4.71. The van der Waals surface area contributed by atoms with Gasteiger partial charge in [0.15, 0.2) is 0 Å². The standard InChI is InChI=1S/C16H17N/c1-2-6-13(7-3-1)16-10-14-8-4-5-9-15(14)11-17-12-16/h1-9,16-17H,10-12H2/t16-/m0/s1. The molecule has 1 aliphatic heterocycles. The lowest BCUT2D eigenvalue weighted by Gasteiger charge is -2.15. The Bertz CT molecular complexity index is 490. The quantitative estimate of drug-likeness (QED) is 0.783. The molecule has 0 aromatic heterocycles. The van der Waals surface area contributed by atoms with Crippen molar-refractivity contribution in [3.8, 4) is 0 Å². The van der Waals surface area contributed by atoms with Crippen molar-refractivity contribution in [2.24, 2.45) is 0 Å². The van der Waals surface area contributed by atoms with Gasteiger partial charge < -0.3 is 5.32 Å². The maximum Gasteiger partial charge on any atom is 0.0208 e. The van der Waals surface area contributed by atoms with Crippen molar-refractivity contribution in [1.29, 1.82) is 0 Å². The van der Waals surface area contributed by atoms with E-state index in [9.17, 15) is 0 Å². The number of fused-ring (bicyclic) bond motifs is 1. The zero-order chi connectivity index (χ0) is 11.5. The van der Waals surface area contributed by atoms with Crippen molar-refractivity contribution in [2.45, 2.75) is 18.9 Å². The molecule has 0 amide bonds. The lowest BCUT2D eigenvalue weighted by molar-refractivity contribution is 0.607. The molecule has 1 aliphatic rings. The molecule has 86 valence electrons. The van der Waals surface area contributed by atoms with Crippen molar-refractivity contribution in [3.05, 3.63) is 71.3 Å². The summed E-state index contributed by atoms with van der Waals surface area (Å²) in [5.41, 5.74) is 4.38. The fourth-order valence-electron chi connectivity index (χ4n) is 2.61.